The van der Waals surface area contributed by atoms with Crippen molar-refractivity contribution >= 4 is 17.7 Å². The standard InChI is InChI=1S/C23H20F2N4OS/c24-18-5-1-16(2-6-18)22-26-23(17-3-7-19(25)8-4-17)29(27-22)14-21(30)28-11-9-15-10-12-31-20(15)13-28/h1-8H,9-14H2. The van der Waals surface area contributed by atoms with Crippen molar-refractivity contribution in [2.24, 2.45) is 0 Å². The molecule has 2 aliphatic rings. The van der Waals surface area contributed by atoms with Crippen molar-refractivity contribution in [3.05, 3.63) is 70.6 Å². The van der Waals surface area contributed by atoms with E-state index in [0.717, 1.165) is 18.6 Å². The van der Waals surface area contributed by atoms with Crippen LogP contribution >= 0.6 is 11.8 Å². The molecule has 0 bridgehead atoms. The minimum Gasteiger partial charge on any atom is -0.336 e. The topological polar surface area (TPSA) is 51.0 Å². The minimum absolute atomic E-state index is 0.0297. The van der Waals surface area contributed by atoms with Crippen LogP contribution in [0.4, 0.5) is 8.78 Å². The lowest BCUT2D eigenvalue weighted by atomic mass is 10.1. The number of benzene rings is 2. The van der Waals surface area contributed by atoms with E-state index in [1.54, 1.807) is 28.9 Å². The highest BCUT2D eigenvalue weighted by Gasteiger charge is 2.27. The molecule has 3 heterocycles. The van der Waals surface area contributed by atoms with Crippen LogP contribution in [-0.4, -0.2) is 44.4 Å². The second kappa shape index (κ2) is 8.26. The average molecular weight is 439 g/mol. The molecule has 2 aromatic carbocycles. The molecular weight excluding hydrogens is 418 g/mol. The van der Waals surface area contributed by atoms with Crippen LogP contribution in [0.25, 0.3) is 22.8 Å². The Bertz CT molecular complexity index is 1160. The molecule has 31 heavy (non-hydrogen) atoms. The lowest BCUT2D eigenvalue weighted by Crippen LogP contribution is -2.38. The summed E-state index contributed by atoms with van der Waals surface area (Å²) in [6.45, 7) is 1.40. The molecule has 2 aliphatic heterocycles. The zero-order chi connectivity index (χ0) is 21.4. The highest BCUT2D eigenvalue weighted by molar-refractivity contribution is 8.03. The summed E-state index contributed by atoms with van der Waals surface area (Å²) in [4.78, 5) is 20.9. The van der Waals surface area contributed by atoms with Crippen LogP contribution in [-0.2, 0) is 11.3 Å². The van der Waals surface area contributed by atoms with E-state index >= 15 is 0 Å². The van der Waals surface area contributed by atoms with E-state index in [9.17, 15) is 13.6 Å². The lowest BCUT2D eigenvalue weighted by molar-refractivity contribution is -0.131. The quantitative estimate of drug-likeness (QED) is 0.601. The molecule has 1 aromatic heterocycles. The van der Waals surface area contributed by atoms with Crippen molar-refractivity contribution in [2.75, 3.05) is 18.8 Å². The highest BCUT2D eigenvalue weighted by Crippen LogP contribution is 2.36. The van der Waals surface area contributed by atoms with Crippen LogP contribution in [0.3, 0.4) is 0 Å². The van der Waals surface area contributed by atoms with Gasteiger partial charge in [-0.15, -0.1) is 16.9 Å². The number of carbonyl (C=O) groups is 1. The number of amides is 1. The van der Waals surface area contributed by atoms with Crippen LogP contribution in [0.2, 0.25) is 0 Å². The zero-order valence-corrected chi connectivity index (χ0v) is 17.5. The molecular formula is C23H20F2N4OS. The SMILES string of the molecule is O=C(Cn1nc(-c2ccc(F)cc2)nc1-c1ccc(F)cc1)N1CCC2=C(C1)SCC2. The van der Waals surface area contributed by atoms with Crippen LogP contribution in [0.15, 0.2) is 59.0 Å². The predicted molar refractivity (Wildman–Crippen MR) is 116 cm³/mol. The molecule has 0 saturated carbocycles. The number of hydrogen-bond donors (Lipinski definition) is 0. The molecule has 1 amide bonds. The van der Waals surface area contributed by atoms with Gasteiger partial charge in [0, 0.05) is 28.3 Å². The molecule has 3 aromatic rings. The van der Waals surface area contributed by atoms with Gasteiger partial charge in [-0.2, -0.15) is 0 Å². The van der Waals surface area contributed by atoms with Gasteiger partial charge in [0.15, 0.2) is 11.6 Å². The normalized spacial score (nSPS) is 16.0. The maximum atomic E-state index is 13.4. The van der Waals surface area contributed by atoms with Crippen LogP contribution in [0.1, 0.15) is 12.8 Å². The van der Waals surface area contributed by atoms with Gasteiger partial charge in [-0.05, 0) is 61.4 Å². The molecule has 158 valence electrons. The maximum absolute atomic E-state index is 13.4. The molecule has 0 atom stereocenters. The summed E-state index contributed by atoms with van der Waals surface area (Å²) in [6, 6.07) is 11.8. The largest absolute Gasteiger partial charge is 0.336 e. The lowest BCUT2D eigenvalue weighted by Gasteiger charge is -2.28. The molecule has 5 nitrogen and oxygen atoms in total. The molecule has 0 spiro atoms. The van der Waals surface area contributed by atoms with E-state index in [-0.39, 0.29) is 24.1 Å². The summed E-state index contributed by atoms with van der Waals surface area (Å²) in [7, 11) is 0. The van der Waals surface area contributed by atoms with Crippen molar-refractivity contribution in [2.45, 2.75) is 19.4 Å². The van der Waals surface area contributed by atoms with E-state index in [4.69, 9.17) is 0 Å². The molecule has 0 fully saturated rings. The van der Waals surface area contributed by atoms with Crippen molar-refractivity contribution in [1.82, 2.24) is 19.7 Å². The molecule has 0 unspecified atom stereocenters. The zero-order valence-electron chi connectivity index (χ0n) is 16.7. The Morgan fingerprint density at radius 2 is 1.65 bits per heavy atom. The third kappa shape index (κ3) is 4.12. The first kappa shape index (κ1) is 19.9. The molecule has 5 rings (SSSR count). The highest BCUT2D eigenvalue weighted by atomic mass is 32.2. The summed E-state index contributed by atoms with van der Waals surface area (Å²) in [5.41, 5.74) is 2.79. The van der Waals surface area contributed by atoms with Gasteiger partial charge in [0.05, 0.1) is 6.54 Å². The van der Waals surface area contributed by atoms with Gasteiger partial charge in [0.2, 0.25) is 5.91 Å². The fourth-order valence-electron chi connectivity index (χ4n) is 3.91. The molecule has 0 aliphatic carbocycles. The van der Waals surface area contributed by atoms with E-state index < -0.39 is 0 Å². The summed E-state index contributed by atoms with van der Waals surface area (Å²) in [5.74, 6) is 1.24. The van der Waals surface area contributed by atoms with Crippen LogP contribution < -0.4 is 0 Å². The van der Waals surface area contributed by atoms with E-state index in [2.05, 4.69) is 10.1 Å². The number of carbonyl (C=O) groups excluding carboxylic acids is 1. The van der Waals surface area contributed by atoms with Gasteiger partial charge >= 0.3 is 0 Å². The minimum atomic E-state index is -0.351. The Hall–Kier alpha value is -3.00. The van der Waals surface area contributed by atoms with Gasteiger partial charge < -0.3 is 4.90 Å². The molecule has 0 radical (unpaired) electrons. The number of rotatable bonds is 4. The fraction of sp³-hybridized carbons (Fsp3) is 0.261. The Morgan fingerprint density at radius 1 is 0.968 bits per heavy atom. The van der Waals surface area contributed by atoms with Gasteiger partial charge in [-0.25, -0.2) is 18.4 Å². The Labute approximate surface area is 182 Å². The first-order chi connectivity index (χ1) is 15.1. The second-order valence-corrected chi connectivity index (χ2v) is 8.81. The third-order valence-electron chi connectivity index (χ3n) is 5.61. The van der Waals surface area contributed by atoms with Crippen molar-refractivity contribution < 1.29 is 13.6 Å². The van der Waals surface area contributed by atoms with Crippen LogP contribution in [0, 0.1) is 11.6 Å². The number of aromatic nitrogens is 3. The Morgan fingerprint density at radius 3 is 2.35 bits per heavy atom. The molecule has 0 N–H and O–H groups in total. The summed E-state index contributed by atoms with van der Waals surface area (Å²) in [5, 5.41) is 4.53. The van der Waals surface area contributed by atoms with E-state index in [1.165, 1.54) is 34.7 Å². The Kier molecular flexibility index (Phi) is 5.31. The van der Waals surface area contributed by atoms with Crippen molar-refractivity contribution in [3.63, 3.8) is 0 Å². The summed E-state index contributed by atoms with van der Waals surface area (Å²) < 4.78 is 28.3. The maximum Gasteiger partial charge on any atom is 0.244 e. The van der Waals surface area contributed by atoms with Crippen molar-refractivity contribution in [3.8, 4) is 22.8 Å². The van der Waals surface area contributed by atoms with Gasteiger partial charge in [0.1, 0.15) is 18.2 Å². The molecule has 0 saturated heterocycles. The van der Waals surface area contributed by atoms with Gasteiger partial charge in [-0.3, -0.25) is 4.79 Å². The first-order valence-electron chi connectivity index (χ1n) is 10.1. The fourth-order valence-corrected chi connectivity index (χ4v) is 5.16. The Balaban J connectivity index is 1.45. The van der Waals surface area contributed by atoms with Gasteiger partial charge in [-0.1, -0.05) is 5.57 Å². The number of halogens is 2. The van der Waals surface area contributed by atoms with E-state index in [1.807, 2.05) is 16.7 Å². The predicted octanol–water partition coefficient (Wildman–Crippen LogP) is 4.51. The smallest absolute Gasteiger partial charge is 0.244 e. The number of nitrogens with zero attached hydrogens (tertiary/aromatic N) is 4. The van der Waals surface area contributed by atoms with E-state index in [0.29, 0.717) is 35.9 Å². The molecule has 8 heteroatoms. The summed E-state index contributed by atoms with van der Waals surface area (Å²) >= 11 is 1.84. The monoisotopic (exact) mass is 438 g/mol. The first-order valence-corrected chi connectivity index (χ1v) is 11.1. The van der Waals surface area contributed by atoms with Crippen molar-refractivity contribution in [1.29, 1.82) is 0 Å². The summed E-state index contributed by atoms with van der Waals surface area (Å²) in [6.07, 6.45) is 2.05. The third-order valence-corrected chi connectivity index (χ3v) is 6.78. The second-order valence-electron chi connectivity index (χ2n) is 7.62. The van der Waals surface area contributed by atoms with Gasteiger partial charge in [0.25, 0.3) is 0 Å². The number of thioether (sulfide) groups is 1. The number of hydrogen-bond acceptors (Lipinski definition) is 4. The van der Waals surface area contributed by atoms with Crippen LogP contribution in [0.5, 0.6) is 0 Å². The average Bonchev–Trinajstić information content (AvgIpc) is 3.41.